The Kier molecular flexibility index (Phi) is 4.41. The van der Waals surface area contributed by atoms with Crippen molar-refractivity contribution in [2.24, 2.45) is 0 Å². The fourth-order valence-corrected chi connectivity index (χ4v) is 2.41. The Bertz CT molecular complexity index is 573. The number of anilines is 1. The minimum Gasteiger partial charge on any atom is -0.464 e. The van der Waals surface area contributed by atoms with E-state index in [1.54, 1.807) is 24.0 Å². The summed E-state index contributed by atoms with van der Waals surface area (Å²) >= 11 is 1.62. The van der Waals surface area contributed by atoms with Gasteiger partial charge in [0, 0.05) is 16.8 Å². The number of hydrogen-bond acceptors (Lipinski definition) is 5. The number of hydrogen-bond donors (Lipinski definition) is 1. The molecule has 1 heterocycles. The van der Waals surface area contributed by atoms with Gasteiger partial charge in [0.2, 0.25) is 0 Å². The number of methoxy groups -OCH3 is 1. The summed E-state index contributed by atoms with van der Waals surface area (Å²) in [4.78, 5) is 16.3. The first kappa shape index (κ1) is 13.4. The predicted molar refractivity (Wildman–Crippen MR) is 76.0 cm³/mol. The molecule has 0 unspecified atom stereocenters. The normalized spacial score (nSPS) is 10.2. The molecule has 0 amide bonds. The molecule has 19 heavy (non-hydrogen) atoms. The third-order valence-corrected chi connectivity index (χ3v) is 3.55. The van der Waals surface area contributed by atoms with Crippen LogP contribution in [-0.2, 0) is 10.5 Å². The lowest BCUT2D eigenvalue weighted by atomic mass is 10.2. The van der Waals surface area contributed by atoms with E-state index in [9.17, 15) is 4.79 Å². The van der Waals surface area contributed by atoms with Crippen molar-refractivity contribution in [2.45, 2.75) is 10.6 Å². The molecule has 1 aromatic heterocycles. The molecule has 5 heteroatoms. The fourth-order valence-electron chi connectivity index (χ4n) is 1.55. The van der Waals surface area contributed by atoms with Gasteiger partial charge in [-0.15, -0.1) is 11.8 Å². The van der Waals surface area contributed by atoms with Crippen molar-refractivity contribution in [3.63, 3.8) is 0 Å². The SMILES string of the molecule is COC(=O)c1ncc(SCc2ccccc2)cc1N. The third-order valence-electron chi connectivity index (χ3n) is 2.52. The zero-order valence-electron chi connectivity index (χ0n) is 10.5. The third kappa shape index (κ3) is 3.48. The number of carbonyl (C=O) groups is 1. The standard InChI is InChI=1S/C14H14N2O2S/c1-18-14(17)13-12(15)7-11(8-16-13)19-9-10-5-3-2-4-6-10/h2-8H,9,15H2,1H3. The molecule has 2 aromatic rings. The van der Waals surface area contributed by atoms with Gasteiger partial charge in [-0.05, 0) is 11.6 Å². The van der Waals surface area contributed by atoms with Crippen molar-refractivity contribution in [3.8, 4) is 0 Å². The average molecular weight is 274 g/mol. The van der Waals surface area contributed by atoms with Crippen LogP contribution in [0.3, 0.4) is 0 Å². The van der Waals surface area contributed by atoms with E-state index in [4.69, 9.17) is 5.73 Å². The summed E-state index contributed by atoms with van der Waals surface area (Å²) in [5.74, 6) is 0.316. The highest BCUT2D eigenvalue weighted by Gasteiger charge is 2.12. The van der Waals surface area contributed by atoms with Crippen LogP contribution in [0.25, 0.3) is 0 Å². The summed E-state index contributed by atoms with van der Waals surface area (Å²) in [5, 5.41) is 0. The lowest BCUT2D eigenvalue weighted by molar-refractivity contribution is 0.0595. The van der Waals surface area contributed by atoms with Gasteiger partial charge < -0.3 is 10.5 Å². The van der Waals surface area contributed by atoms with Gasteiger partial charge >= 0.3 is 5.97 Å². The molecule has 0 spiro atoms. The van der Waals surface area contributed by atoms with Gasteiger partial charge in [-0.3, -0.25) is 0 Å². The zero-order chi connectivity index (χ0) is 13.7. The van der Waals surface area contributed by atoms with Crippen LogP contribution < -0.4 is 5.73 Å². The summed E-state index contributed by atoms with van der Waals surface area (Å²) in [7, 11) is 1.31. The van der Waals surface area contributed by atoms with Crippen molar-refractivity contribution in [2.75, 3.05) is 12.8 Å². The molecule has 0 bridgehead atoms. The van der Waals surface area contributed by atoms with E-state index < -0.39 is 5.97 Å². The molecular formula is C14H14N2O2S. The molecule has 0 fully saturated rings. The Balaban J connectivity index is 2.06. The number of carbonyl (C=O) groups excluding carboxylic acids is 1. The molecule has 0 saturated carbocycles. The second-order valence-electron chi connectivity index (χ2n) is 3.87. The van der Waals surface area contributed by atoms with Crippen LogP contribution in [-0.4, -0.2) is 18.1 Å². The largest absolute Gasteiger partial charge is 0.464 e. The number of ether oxygens (including phenoxy) is 1. The first-order valence-electron chi connectivity index (χ1n) is 5.71. The number of nitrogen functional groups attached to an aromatic ring is 1. The second kappa shape index (κ2) is 6.24. The average Bonchev–Trinajstić information content (AvgIpc) is 2.45. The maximum Gasteiger partial charge on any atom is 0.358 e. The van der Waals surface area contributed by atoms with Gasteiger partial charge in [-0.2, -0.15) is 0 Å². The van der Waals surface area contributed by atoms with E-state index in [0.717, 1.165) is 10.6 Å². The zero-order valence-corrected chi connectivity index (χ0v) is 11.3. The summed E-state index contributed by atoms with van der Waals surface area (Å²) in [6.07, 6.45) is 1.64. The number of thioether (sulfide) groups is 1. The van der Waals surface area contributed by atoms with Crippen LogP contribution in [0.2, 0.25) is 0 Å². The van der Waals surface area contributed by atoms with Crippen LogP contribution in [0.4, 0.5) is 5.69 Å². The van der Waals surface area contributed by atoms with Gasteiger partial charge in [0.1, 0.15) is 0 Å². The number of rotatable bonds is 4. The molecule has 0 radical (unpaired) electrons. The smallest absolute Gasteiger partial charge is 0.358 e. The van der Waals surface area contributed by atoms with Gasteiger partial charge in [0.25, 0.3) is 0 Å². The fraction of sp³-hybridized carbons (Fsp3) is 0.143. The number of nitrogens with two attached hydrogens (primary N) is 1. The Hall–Kier alpha value is -2.01. The minimum atomic E-state index is -0.517. The van der Waals surface area contributed by atoms with Gasteiger partial charge in [0.15, 0.2) is 5.69 Å². The van der Waals surface area contributed by atoms with Crippen LogP contribution >= 0.6 is 11.8 Å². The molecule has 0 aliphatic heterocycles. The first-order chi connectivity index (χ1) is 9.20. The van der Waals surface area contributed by atoms with Crippen molar-refractivity contribution in [1.29, 1.82) is 0 Å². The minimum absolute atomic E-state index is 0.159. The number of benzene rings is 1. The summed E-state index contributed by atoms with van der Waals surface area (Å²) in [6, 6.07) is 11.9. The van der Waals surface area contributed by atoms with Crippen LogP contribution in [0.15, 0.2) is 47.5 Å². The molecule has 98 valence electrons. The number of nitrogens with zero attached hydrogens (tertiary/aromatic N) is 1. The highest BCUT2D eigenvalue weighted by atomic mass is 32.2. The second-order valence-corrected chi connectivity index (χ2v) is 4.92. The molecule has 0 aliphatic carbocycles. The monoisotopic (exact) mass is 274 g/mol. The molecule has 4 nitrogen and oxygen atoms in total. The van der Waals surface area contributed by atoms with E-state index in [1.165, 1.54) is 12.7 Å². The van der Waals surface area contributed by atoms with Crippen molar-refractivity contribution in [1.82, 2.24) is 4.98 Å². The topological polar surface area (TPSA) is 65.2 Å². The van der Waals surface area contributed by atoms with Crippen molar-refractivity contribution < 1.29 is 9.53 Å². The molecule has 1 aromatic carbocycles. The summed E-state index contributed by atoms with van der Waals surface area (Å²) < 4.78 is 4.60. The number of esters is 1. The van der Waals surface area contributed by atoms with E-state index in [1.807, 2.05) is 18.2 Å². The Morgan fingerprint density at radius 3 is 2.74 bits per heavy atom. The predicted octanol–water partition coefficient (Wildman–Crippen LogP) is 2.74. The highest BCUT2D eigenvalue weighted by molar-refractivity contribution is 7.98. The molecule has 2 N–H and O–H groups in total. The molecular weight excluding hydrogens is 260 g/mol. The van der Waals surface area contributed by atoms with Crippen molar-refractivity contribution in [3.05, 3.63) is 53.9 Å². The van der Waals surface area contributed by atoms with Crippen LogP contribution in [0, 0.1) is 0 Å². The van der Waals surface area contributed by atoms with E-state index >= 15 is 0 Å². The lowest BCUT2D eigenvalue weighted by Gasteiger charge is -2.06. The Morgan fingerprint density at radius 2 is 2.11 bits per heavy atom. The van der Waals surface area contributed by atoms with Crippen LogP contribution in [0.5, 0.6) is 0 Å². The molecule has 0 atom stereocenters. The Morgan fingerprint density at radius 1 is 1.37 bits per heavy atom. The lowest BCUT2D eigenvalue weighted by Crippen LogP contribution is -2.08. The molecule has 2 rings (SSSR count). The first-order valence-corrected chi connectivity index (χ1v) is 6.70. The van der Waals surface area contributed by atoms with E-state index in [-0.39, 0.29) is 5.69 Å². The maximum atomic E-state index is 11.4. The van der Waals surface area contributed by atoms with E-state index in [2.05, 4.69) is 21.9 Å². The van der Waals surface area contributed by atoms with Crippen LogP contribution in [0.1, 0.15) is 16.1 Å². The molecule has 0 saturated heterocycles. The van der Waals surface area contributed by atoms with Crippen molar-refractivity contribution >= 4 is 23.4 Å². The Labute approximate surface area is 116 Å². The van der Waals surface area contributed by atoms with Gasteiger partial charge in [0.05, 0.1) is 12.8 Å². The van der Waals surface area contributed by atoms with Gasteiger partial charge in [-0.25, -0.2) is 9.78 Å². The van der Waals surface area contributed by atoms with E-state index in [0.29, 0.717) is 5.69 Å². The number of aromatic nitrogens is 1. The number of pyridine rings is 1. The van der Waals surface area contributed by atoms with Gasteiger partial charge in [-0.1, -0.05) is 30.3 Å². The summed E-state index contributed by atoms with van der Waals surface area (Å²) in [5.41, 5.74) is 7.51. The quantitative estimate of drug-likeness (QED) is 0.686. The maximum absolute atomic E-state index is 11.4. The molecule has 0 aliphatic rings. The summed E-state index contributed by atoms with van der Waals surface area (Å²) in [6.45, 7) is 0. The highest BCUT2D eigenvalue weighted by Crippen LogP contribution is 2.25.